The summed E-state index contributed by atoms with van der Waals surface area (Å²) in [5, 5.41) is 10.5. The second-order valence-electron chi connectivity index (χ2n) is 6.53. The highest BCUT2D eigenvalue weighted by Gasteiger charge is 2.42. The summed E-state index contributed by atoms with van der Waals surface area (Å²) < 4.78 is 34.1. The SMILES string of the molecule is Cc1ccc(F)c(C(O)C2CCOC3(CCCC3)C2)c1F. The third-order valence-electron chi connectivity index (χ3n) is 5.11. The highest BCUT2D eigenvalue weighted by atomic mass is 19.1. The van der Waals surface area contributed by atoms with Gasteiger partial charge in [-0.25, -0.2) is 8.78 Å². The van der Waals surface area contributed by atoms with Gasteiger partial charge in [0.1, 0.15) is 11.6 Å². The number of benzene rings is 1. The molecular formula is C17H22F2O2. The van der Waals surface area contributed by atoms with E-state index in [4.69, 9.17) is 4.74 Å². The minimum Gasteiger partial charge on any atom is -0.388 e. The topological polar surface area (TPSA) is 29.5 Å². The molecule has 2 fully saturated rings. The summed E-state index contributed by atoms with van der Waals surface area (Å²) in [6, 6.07) is 2.64. The molecular weight excluding hydrogens is 274 g/mol. The van der Waals surface area contributed by atoms with E-state index in [0.29, 0.717) is 25.0 Å². The molecule has 1 N–H and O–H groups in total. The fraction of sp³-hybridized carbons (Fsp3) is 0.647. The van der Waals surface area contributed by atoms with Gasteiger partial charge >= 0.3 is 0 Å². The lowest BCUT2D eigenvalue weighted by molar-refractivity contribution is -0.114. The summed E-state index contributed by atoms with van der Waals surface area (Å²) in [5.74, 6) is -1.41. The molecule has 0 aromatic heterocycles. The van der Waals surface area contributed by atoms with Crippen molar-refractivity contribution in [3.05, 3.63) is 34.9 Å². The molecule has 3 rings (SSSR count). The van der Waals surface area contributed by atoms with Gasteiger partial charge in [-0.3, -0.25) is 0 Å². The van der Waals surface area contributed by atoms with Gasteiger partial charge in [0.25, 0.3) is 0 Å². The number of aliphatic hydroxyl groups is 1. The highest BCUT2D eigenvalue weighted by molar-refractivity contribution is 5.29. The van der Waals surface area contributed by atoms with Crippen molar-refractivity contribution in [3.63, 3.8) is 0 Å². The Balaban J connectivity index is 1.85. The smallest absolute Gasteiger partial charge is 0.134 e. The van der Waals surface area contributed by atoms with Crippen LogP contribution in [0.1, 0.15) is 55.8 Å². The van der Waals surface area contributed by atoms with E-state index in [9.17, 15) is 13.9 Å². The molecule has 1 spiro atoms. The van der Waals surface area contributed by atoms with E-state index in [1.807, 2.05) is 0 Å². The maximum atomic E-state index is 14.2. The lowest BCUT2D eigenvalue weighted by Crippen LogP contribution is -2.39. The zero-order valence-corrected chi connectivity index (χ0v) is 12.4. The monoisotopic (exact) mass is 296 g/mol. The van der Waals surface area contributed by atoms with Crippen LogP contribution in [-0.4, -0.2) is 17.3 Å². The normalized spacial score (nSPS) is 26.2. The molecule has 0 bridgehead atoms. The van der Waals surface area contributed by atoms with Gasteiger partial charge < -0.3 is 9.84 Å². The predicted molar refractivity (Wildman–Crippen MR) is 75.9 cm³/mol. The lowest BCUT2D eigenvalue weighted by Gasteiger charge is -2.40. The van der Waals surface area contributed by atoms with Crippen LogP contribution in [0.4, 0.5) is 8.78 Å². The Kier molecular flexibility index (Phi) is 4.02. The van der Waals surface area contributed by atoms with Crippen molar-refractivity contribution in [2.24, 2.45) is 5.92 Å². The first-order valence-corrected chi connectivity index (χ1v) is 7.79. The molecule has 4 heteroatoms. The van der Waals surface area contributed by atoms with Crippen LogP contribution in [-0.2, 0) is 4.74 Å². The molecule has 2 unspecified atom stereocenters. The molecule has 0 radical (unpaired) electrons. The molecule has 1 aromatic rings. The summed E-state index contributed by atoms with van der Waals surface area (Å²) in [6.45, 7) is 2.16. The maximum absolute atomic E-state index is 14.2. The van der Waals surface area contributed by atoms with Crippen molar-refractivity contribution in [2.75, 3.05) is 6.61 Å². The van der Waals surface area contributed by atoms with Gasteiger partial charge in [-0.05, 0) is 50.2 Å². The molecule has 1 saturated heterocycles. The molecule has 2 nitrogen and oxygen atoms in total. The minimum atomic E-state index is -1.09. The van der Waals surface area contributed by atoms with Crippen LogP contribution in [0.25, 0.3) is 0 Å². The minimum absolute atomic E-state index is 0.136. The molecule has 1 heterocycles. The summed E-state index contributed by atoms with van der Waals surface area (Å²) in [4.78, 5) is 0. The zero-order valence-electron chi connectivity index (χ0n) is 12.4. The van der Waals surface area contributed by atoms with Gasteiger partial charge in [-0.15, -0.1) is 0 Å². The van der Waals surface area contributed by atoms with Gasteiger partial charge in [0.2, 0.25) is 0 Å². The maximum Gasteiger partial charge on any atom is 0.134 e. The first-order chi connectivity index (χ1) is 10.0. The largest absolute Gasteiger partial charge is 0.388 e. The number of hydrogen-bond acceptors (Lipinski definition) is 2. The fourth-order valence-corrected chi connectivity index (χ4v) is 3.89. The molecule has 1 aliphatic heterocycles. The van der Waals surface area contributed by atoms with Gasteiger partial charge in [-0.1, -0.05) is 18.9 Å². The molecule has 2 atom stereocenters. The van der Waals surface area contributed by atoms with Gasteiger partial charge in [0, 0.05) is 6.61 Å². The van der Waals surface area contributed by atoms with E-state index < -0.39 is 17.7 Å². The zero-order chi connectivity index (χ0) is 15.0. The molecule has 21 heavy (non-hydrogen) atoms. The number of aryl methyl sites for hydroxylation is 1. The fourth-order valence-electron chi connectivity index (χ4n) is 3.89. The molecule has 0 amide bonds. The van der Waals surface area contributed by atoms with Crippen LogP contribution in [0.3, 0.4) is 0 Å². The summed E-state index contributed by atoms with van der Waals surface area (Å²) in [7, 11) is 0. The third kappa shape index (κ3) is 2.71. The molecule has 1 aliphatic carbocycles. The number of halogens is 2. The molecule has 1 saturated carbocycles. The summed E-state index contributed by atoms with van der Waals surface area (Å²) in [6.07, 6.45) is 4.51. The van der Waals surface area contributed by atoms with Crippen molar-refractivity contribution >= 4 is 0 Å². The lowest BCUT2D eigenvalue weighted by atomic mass is 9.79. The Morgan fingerprint density at radius 3 is 2.71 bits per heavy atom. The van der Waals surface area contributed by atoms with Crippen LogP contribution in [0.2, 0.25) is 0 Å². The third-order valence-corrected chi connectivity index (χ3v) is 5.11. The van der Waals surface area contributed by atoms with Gasteiger partial charge in [0.15, 0.2) is 0 Å². The Hall–Kier alpha value is -1.00. The van der Waals surface area contributed by atoms with Gasteiger partial charge in [-0.2, -0.15) is 0 Å². The standard InChI is InChI=1S/C17H22F2O2/c1-11-4-5-13(18)14(15(11)19)16(20)12-6-9-21-17(10-12)7-2-3-8-17/h4-5,12,16,20H,2-3,6-10H2,1H3. The molecule has 2 aliphatic rings. The number of hydrogen-bond donors (Lipinski definition) is 1. The van der Waals surface area contributed by atoms with E-state index in [-0.39, 0.29) is 17.1 Å². The summed E-state index contributed by atoms with van der Waals surface area (Å²) in [5.41, 5.74) is 0.0314. The van der Waals surface area contributed by atoms with Crippen molar-refractivity contribution in [3.8, 4) is 0 Å². The number of aliphatic hydroxyl groups excluding tert-OH is 1. The Morgan fingerprint density at radius 2 is 2.00 bits per heavy atom. The van der Waals surface area contributed by atoms with Crippen LogP contribution in [0.5, 0.6) is 0 Å². The van der Waals surface area contributed by atoms with E-state index >= 15 is 0 Å². The van der Waals surface area contributed by atoms with E-state index in [0.717, 1.165) is 25.7 Å². The second-order valence-corrected chi connectivity index (χ2v) is 6.53. The average Bonchev–Trinajstić information content (AvgIpc) is 2.91. The van der Waals surface area contributed by atoms with E-state index in [1.54, 1.807) is 6.92 Å². The number of ether oxygens (including phenoxy) is 1. The van der Waals surface area contributed by atoms with Gasteiger partial charge in [0.05, 0.1) is 17.3 Å². The van der Waals surface area contributed by atoms with Crippen LogP contribution < -0.4 is 0 Å². The second kappa shape index (κ2) is 5.65. The first-order valence-electron chi connectivity index (χ1n) is 7.79. The van der Waals surface area contributed by atoms with Crippen LogP contribution in [0.15, 0.2) is 12.1 Å². The van der Waals surface area contributed by atoms with E-state index in [2.05, 4.69) is 0 Å². The van der Waals surface area contributed by atoms with Crippen molar-refractivity contribution in [1.82, 2.24) is 0 Å². The first kappa shape index (κ1) is 14.9. The quantitative estimate of drug-likeness (QED) is 0.892. The Bertz CT molecular complexity index is 524. The van der Waals surface area contributed by atoms with Crippen molar-refractivity contribution in [2.45, 2.75) is 57.2 Å². The highest BCUT2D eigenvalue weighted by Crippen LogP contribution is 2.45. The Labute approximate surface area is 124 Å². The molecule has 116 valence electrons. The predicted octanol–water partition coefficient (Wildman–Crippen LogP) is 4.05. The Morgan fingerprint density at radius 1 is 1.29 bits per heavy atom. The average molecular weight is 296 g/mol. The van der Waals surface area contributed by atoms with E-state index in [1.165, 1.54) is 12.1 Å². The summed E-state index contributed by atoms with van der Waals surface area (Å²) >= 11 is 0. The molecule has 1 aromatic carbocycles. The number of rotatable bonds is 2. The van der Waals surface area contributed by atoms with Crippen LogP contribution in [0, 0.1) is 24.5 Å². The van der Waals surface area contributed by atoms with Crippen molar-refractivity contribution in [1.29, 1.82) is 0 Å². The van der Waals surface area contributed by atoms with Crippen molar-refractivity contribution < 1.29 is 18.6 Å². The van der Waals surface area contributed by atoms with Crippen LogP contribution >= 0.6 is 0 Å².